The molecule has 0 aromatic heterocycles. The van der Waals surface area contributed by atoms with E-state index in [9.17, 15) is 22.8 Å². The Morgan fingerprint density at radius 2 is 1.73 bits per heavy atom. The largest absolute Gasteiger partial charge is 0.416 e. The van der Waals surface area contributed by atoms with Gasteiger partial charge in [0.15, 0.2) is 5.78 Å². The second-order valence-electron chi connectivity index (χ2n) is 7.14. The van der Waals surface area contributed by atoms with Crippen molar-refractivity contribution in [3.05, 3.63) is 46.7 Å². The summed E-state index contributed by atoms with van der Waals surface area (Å²) in [6.07, 6.45) is -1.01. The van der Waals surface area contributed by atoms with E-state index in [1.54, 1.807) is 6.07 Å². The number of hydrogen-bond donors (Lipinski definition) is 0. The van der Waals surface area contributed by atoms with Crippen LogP contribution in [0.1, 0.15) is 55.6 Å². The number of benzene rings is 1. The maximum absolute atomic E-state index is 13.2. The molecule has 3 nitrogen and oxygen atoms in total. The summed E-state index contributed by atoms with van der Waals surface area (Å²) in [4.78, 5) is 29.9. The fraction of sp³-hybridized carbons (Fsp3) is 0.450. The predicted octanol–water partition coefficient (Wildman–Crippen LogP) is 4.62. The fourth-order valence-electron chi connectivity index (χ4n) is 4.37. The third-order valence-electron chi connectivity index (χ3n) is 5.49. The smallest absolute Gasteiger partial charge is 0.299 e. The number of carbonyl (C=O) groups is 2. The second kappa shape index (κ2) is 6.18. The van der Waals surface area contributed by atoms with E-state index < -0.39 is 23.6 Å². The Bertz CT molecular complexity index is 851. The van der Waals surface area contributed by atoms with E-state index in [0.29, 0.717) is 55.4 Å². The van der Waals surface area contributed by atoms with Gasteiger partial charge in [-0.25, -0.2) is 0 Å². The molecule has 2 atom stereocenters. The van der Waals surface area contributed by atoms with Gasteiger partial charge in [0.25, 0.3) is 0 Å². The lowest BCUT2D eigenvalue weighted by Gasteiger charge is -2.38. The molecule has 0 amide bonds. The van der Waals surface area contributed by atoms with Crippen molar-refractivity contribution in [3.63, 3.8) is 0 Å². The van der Waals surface area contributed by atoms with Gasteiger partial charge in [0.2, 0.25) is 0 Å². The third kappa shape index (κ3) is 2.81. The molecular formula is C20H18F3NO2. The molecule has 1 fully saturated rings. The van der Waals surface area contributed by atoms with Crippen LogP contribution in [0.3, 0.4) is 0 Å². The number of hydrogen-bond acceptors (Lipinski definition) is 3. The van der Waals surface area contributed by atoms with Crippen molar-refractivity contribution in [3.8, 4) is 0 Å². The lowest BCUT2D eigenvalue weighted by molar-refractivity contribution is -0.137. The van der Waals surface area contributed by atoms with E-state index in [1.807, 2.05) is 0 Å². The van der Waals surface area contributed by atoms with Crippen LogP contribution in [-0.2, 0) is 15.8 Å². The quantitative estimate of drug-likeness (QED) is 0.733. The highest BCUT2D eigenvalue weighted by molar-refractivity contribution is 6.12. The molecule has 1 aromatic carbocycles. The molecule has 2 unspecified atom stereocenters. The first-order chi connectivity index (χ1) is 12.4. The monoisotopic (exact) mass is 361 g/mol. The minimum absolute atomic E-state index is 0.0256. The molecule has 1 heterocycles. The molecule has 2 aliphatic carbocycles. The number of fused-ring (bicyclic) bond motifs is 1. The van der Waals surface area contributed by atoms with E-state index in [0.717, 1.165) is 17.8 Å². The van der Waals surface area contributed by atoms with Gasteiger partial charge in [0.1, 0.15) is 5.78 Å². The molecular weight excluding hydrogens is 343 g/mol. The Kier molecular flexibility index (Phi) is 4.09. The first kappa shape index (κ1) is 17.2. The van der Waals surface area contributed by atoms with Gasteiger partial charge in [-0.2, -0.15) is 13.2 Å². The van der Waals surface area contributed by atoms with Crippen LogP contribution in [0.4, 0.5) is 13.2 Å². The average molecular weight is 361 g/mol. The normalized spacial score (nSPS) is 26.3. The number of allylic oxidation sites excluding steroid dienone is 2. The van der Waals surface area contributed by atoms with Crippen LogP contribution in [-0.4, -0.2) is 17.3 Å². The predicted molar refractivity (Wildman–Crippen MR) is 89.9 cm³/mol. The Hall–Kier alpha value is -2.24. The van der Waals surface area contributed by atoms with Crippen molar-refractivity contribution in [1.82, 2.24) is 0 Å². The molecule has 0 radical (unpaired) electrons. The molecule has 1 aliphatic heterocycles. The lowest BCUT2D eigenvalue weighted by atomic mass is 9.67. The minimum atomic E-state index is -4.47. The van der Waals surface area contributed by atoms with Gasteiger partial charge in [0.05, 0.1) is 11.5 Å². The van der Waals surface area contributed by atoms with Gasteiger partial charge in [0, 0.05) is 35.7 Å². The highest BCUT2D eigenvalue weighted by Gasteiger charge is 2.44. The summed E-state index contributed by atoms with van der Waals surface area (Å²) in [5, 5.41) is 0. The molecule has 0 bridgehead atoms. The minimum Gasteiger partial charge on any atom is -0.299 e. The van der Waals surface area contributed by atoms with Gasteiger partial charge in [-0.05, 0) is 37.3 Å². The molecule has 0 N–H and O–H groups in total. The third-order valence-corrected chi connectivity index (χ3v) is 5.49. The van der Waals surface area contributed by atoms with Gasteiger partial charge in [-0.3, -0.25) is 14.6 Å². The molecule has 0 saturated heterocycles. The van der Waals surface area contributed by atoms with E-state index in [2.05, 4.69) is 4.99 Å². The second-order valence-corrected chi connectivity index (χ2v) is 7.14. The van der Waals surface area contributed by atoms with Gasteiger partial charge >= 0.3 is 6.18 Å². The van der Waals surface area contributed by atoms with Crippen LogP contribution in [0, 0.1) is 5.92 Å². The maximum atomic E-state index is 13.2. The van der Waals surface area contributed by atoms with Crippen molar-refractivity contribution < 1.29 is 22.8 Å². The summed E-state index contributed by atoms with van der Waals surface area (Å²) >= 11 is 0. The molecule has 6 heteroatoms. The van der Waals surface area contributed by atoms with E-state index in [-0.39, 0.29) is 11.6 Å². The number of aliphatic imine (C=N–C) groups is 1. The number of carbonyl (C=O) groups excluding carboxylic acids is 2. The zero-order chi connectivity index (χ0) is 18.5. The van der Waals surface area contributed by atoms with Crippen LogP contribution in [0.25, 0.3) is 0 Å². The van der Waals surface area contributed by atoms with Crippen LogP contribution in [0.5, 0.6) is 0 Å². The summed E-state index contributed by atoms with van der Waals surface area (Å²) in [6.45, 7) is 0. The maximum Gasteiger partial charge on any atom is 0.416 e. The highest BCUT2D eigenvalue weighted by Crippen LogP contribution is 2.46. The topological polar surface area (TPSA) is 46.5 Å². The molecule has 26 heavy (non-hydrogen) atoms. The number of alkyl halides is 3. The number of halogens is 3. The SMILES string of the molecule is O=C1CCCC2=C1C(c1cccc(C(F)(F)F)c1)C1C(=O)CCCC1=N2. The Morgan fingerprint density at radius 3 is 2.50 bits per heavy atom. The highest BCUT2D eigenvalue weighted by atomic mass is 19.4. The summed E-state index contributed by atoms with van der Waals surface area (Å²) in [7, 11) is 0. The van der Waals surface area contributed by atoms with Gasteiger partial charge < -0.3 is 0 Å². The Balaban J connectivity index is 1.89. The zero-order valence-electron chi connectivity index (χ0n) is 14.1. The fourth-order valence-corrected chi connectivity index (χ4v) is 4.37. The summed E-state index contributed by atoms with van der Waals surface area (Å²) < 4.78 is 39.6. The Labute approximate surface area is 149 Å². The number of rotatable bonds is 1. The van der Waals surface area contributed by atoms with Crippen molar-refractivity contribution in [1.29, 1.82) is 0 Å². The van der Waals surface area contributed by atoms with Crippen molar-refractivity contribution in [2.24, 2.45) is 10.9 Å². The number of ketones is 2. The molecule has 0 spiro atoms. The lowest BCUT2D eigenvalue weighted by Crippen LogP contribution is -2.39. The number of nitrogens with zero attached hydrogens (tertiary/aromatic N) is 1. The molecule has 1 aromatic rings. The zero-order valence-corrected chi connectivity index (χ0v) is 14.1. The van der Waals surface area contributed by atoms with E-state index in [1.165, 1.54) is 6.07 Å². The van der Waals surface area contributed by atoms with Crippen LogP contribution >= 0.6 is 0 Å². The van der Waals surface area contributed by atoms with Crippen LogP contribution in [0.15, 0.2) is 40.5 Å². The first-order valence-corrected chi connectivity index (χ1v) is 8.90. The van der Waals surface area contributed by atoms with Gasteiger partial charge in [-0.1, -0.05) is 18.2 Å². The van der Waals surface area contributed by atoms with E-state index >= 15 is 0 Å². The molecule has 4 rings (SSSR count). The van der Waals surface area contributed by atoms with Crippen molar-refractivity contribution >= 4 is 17.3 Å². The first-order valence-electron chi connectivity index (χ1n) is 8.90. The number of Topliss-reactive ketones (excluding diaryl/α,β-unsaturated/α-hetero) is 2. The van der Waals surface area contributed by atoms with Crippen LogP contribution < -0.4 is 0 Å². The standard InChI is InChI=1S/C20H18F3NO2/c21-20(22,23)12-5-1-4-11(10-12)17-18-13(6-2-8-15(18)25)24-14-7-3-9-16(26)19(14)17/h1,4-5,10,17-18H,2-3,6-9H2. The van der Waals surface area contributed by atoms with Gasteiger partial charge in [-0.15, -0.1) is 0 Å². The van der Waals surface area contributed by atoms with Crippen LogP contribution in [0.2, 0.25) is 0 Å². The summed E-state index contributed by atoms with van der Waals surface area (Å²) in [5.74, 6) is -1.36. The van der Waals surface area contributed by atoms with Crippen molar-refractivity contribution in [2.45, 2.75) is 50.6 Å². The molecule has 3 aliphatic rings. The van der Waals surface area contributed by atoms with E-state index in [4.69, 9.17) is 0 Å². The molecule has 136 valence electrons. The summed E-state index contributed by atoms with van der Waals surface area (Å²) in [5.41, 5.74) is 1.49. The van der Waals surface area contributed by atoms with Crippen molar-refractivity contribution in [2.75, 3.05) is 0 Å². The summed E-state index contributed by atoms with van der Waals surface area (Å²) in [6, 6.07) is 5.05. The molecule has 1 saturated carbocycles. The average Bonchev–Trinajstić information content (AvgIpc) is 2.60. The Morgan fingerprint density at radius 1 is 0.962 bits per heavy atom.